The number of carbonyl (C=O) groups excluding carboxylic acids is 3. The van der Waals surface area contributed by atoms with Gasteiger partial charge in [0, 0.05) is 25.5 Å². The smallest absolute Gasteiger partial charge is 0.244 e. The first-order chi connectivity index (χ1) is 12.5. The molecule has 0 bridgehead atoms. The molecule has 0 fully saturated rings. The fourth-order valence-electron chi connectivity index (χ4n) is 2.24. The molecule has 1 atom stereocenters. The summed E-state index contributed by atoms with van der Waals surface area (Å²) in [6.45, 7) is 0.143. The van der Waals surface area contributed by atoms with E-state index in [9.17, 15) is 14.4 Å². The third-order valence-corrected chi connectivity index (χ3v) is 3.55. The molecule has 0 aliphatic rings. The van der Waals surface area contributed by atoms with Crippen molar-refractivity contribution in [1.29, 1.82) is 0 Å². The second-order valence-electron chi connectivity index (χ2n) is 5.60. The first-order valence-electron chi connectivity index (χ1n) is 8.16. The molecule has 7 heteroatoms. The summed E-state index contributed by atoms with van der Waals surface area (Å²) in [5.74, 6) is -0.749. The zero-order valence-electron chi connectivity index (χ0n) is 14.2. The zero-order chi connectivity index (χ0) is 18.8. The summed E-state index contributed by atoms with van der Waals surface area (Å²) in [5, 5.41) is 5.18. The van der Waals surface area contributed by atoms with Gasteiger partial charge in [-0.2, -0.15) is 0 Å². The molecule has 7 nitrogen and oxygen atoms in total. The van der Waals surface area contributed by atoms with Gasteiger partial charge in [-0.1, -0.05) is 30.3 Å². The Morgan fingerprint density at radius 2 is 1.88 bits per heavy atom. The average Bonchev–Trinajstić information content (AvgIpc) is 3.14. The molecule has 0 radical (unpaired) electrons. The van der Waals surface area contributed by atoms with E-state index in [1.54, 1.807) is 12.1 Å². The van der Waals surface area contributed by atoms with Crippen LogP contribution in [-0.4, -0.2) is 30.3 Å². The monoisotopic (exact) mass is 355 g/mol. The second-order valence-corrected chi connectivity index (χ2v) is 5.60. The molecule has 1 heterocycles. The van der Waals surface area contributed by atoms with Crippen LogP contribution in [0.3, 0.4) is 0 Å². The number of hydrogen-bond donors (Lipinski definition) is 3. The summed E-state index contributed by atoms with van der Waals surface area (Å²) >= 11 is 0. The SMILES string of the molecule is NC(=O)C(Cc1ccccc1)NC(=O)CCNC(=O)/C=C/c1ccco1. The van der Waals surface area contributed by atoms with Crippen molar-refractivity contribution in [2.24, 2.45) is 5.73 Å². The summed E-state index contributed by atoms with van der Waals surface area (Å²) in [7, 11) is 0. The Morgan fingerprint density at radius 1 is 1.12 bits per heavy atom. The van der Waals surface area contributed by atoms with Gasteiger partial charge in [0.15, 0.2) is 0 Å². The van der Waals surface area contributed by atoms with Crippen molar-refractivity contribution in [3.8, 4) is 0 Å². The minimum Gasteiger partial charge on any atom is -0.465 e. The molecule has 2 aromatic rings. The van der Waals surface area contributed by atoms with E-state index in [4.69, 9.17) is 10.2 Å². The Balaban J connectivity index is 1.74. The standard InChI is InChI=1S/C19H21N3O4/c20-19(25)16(13-14-5-2-1-3-6-14)22-18(24)10-11-21-17(23)9-8-15-7-4-12-26-15/h1-9,12,16H,10-11,13H2,(H2,20,25)(H,21,23)(H,22,24)/b9-8+. The van der Waals surface area contributed by atoms with Crippen LogP contribution in [-0.2, 0) is 20.8 Å². The van der Waals surface area contributed by atoms with Gasteiger partial charge in [0.25, 0.3) is 0 Å². The van der Waals surface area contributed by atoms with Crippen LogP contribution in [0.15, 0.2) is 59.2 Å². The van der Waals surface area contributed by atoms with Crippen LogP contribution < -0.4 is 16.4 Å². The molecular weight excluding hydrogens is 334 g/mol. The number of carbonyl (C=O) groups is 3. The van der Waals surface area contributed by atoms with Gasteiger partial charge in [0.1, 0.15) is 11.8 Å². The molecule has 0 spiro atoms. The third kappa shape index (κ3) is 6.64. The highest BCUT2D eigenvalue weighted by molar-refractivity contribution is 5.92. The lowest BCUT2D eigenvalue weighted by atomic mass is 10.1. The largest absolute Gasteiger partial charge is 0.465 e. The first-order valence-corrected chi connectivity index (χ1v) is 8.16. The summed E-state index contributed by atoms with van der Waals surface area (Å²) in [4.78, 5) is 35.2. The van der Waals surface area contributed by atoms with Gasteiger partial charge in [0.2, 0.25) is 17.7 Å². The second kappa shape index (κ2) is 9.83. The highest BCUT2D eigenvalue weighted by atomic mass is 16.3. The maximum Gasteiger partial charge on any atom is 0.244 e. The lowest BCUT2D eigenvalue weighted by Crippen LogP contribution is -2.46. The Morgan fingerprint density at radius 3 is 2.54 bits per heavy atom. The van der Waals surface area contributed by atoms with E-state index in [2.05, 4.69) is 10.6 Å². The van der Waals surface area contributed by atoms with Crippen LogP contribution in [0.5, 0.6) is 0 Å². The molecule has 0 saturated carbocycles. The first kappa shape index (κ1) is 19.0. The normalized spacial score (nSPS) is 11.8. The highest BCUT2D eigenvalue weighted by Gasteiger charge is 2.18. The van der Waals surface area contributed by atoms with Crippen LogP contribution >= 0.6 is 0 Å². The molecule has 26 heavy (non-hydrogen) atoms. The summed E-state index contributed by atoms with van der Waals surface area (Å²) in [6.07, 6.45) is 4.71. The van der Waals surface area contributed by atoms with E-state index in [-0.39, 0.29) is 24.8 Å². The quantitative estimate of drug-likeness (QED) is 0.582. The maximum atomic E-state index is 12.0. The predicted octanol–water partition coefficient (Wildman–Crippen LogP) is 1.01. The molecule has 1 aromatic carbocycles. The molecule has 136 valence electrons. The van der Waals surface area contributed by atoms with E-state index in [0.29, 0.717) is 12.2 Å². The van der Waals surface area contributed by atoms with Gasteiger partial charge >= 0.3 is 0 Å². The lowest BCUT2D eigenvalue weighted by Gasteiger charge is -2.15. The van der Waals surface area contributed by atoms with Gasteiger partial charge in [0.05, 0.1) is 6.26 Å². The summed E-state index contributed by atoms with van der Waals surface area (Å²) < 4.78 is 5.07. The fraction of sp³-hybridized carbons (Fsp3) is 0.211. The van der Waals surface area contributed by atoms with Crippen molar-refractivity contribution in [2.75, 3.05) is 6.54 Å². The number of rotatable bonds is 9. The zero-order valence-corrected chi connectivity index (χ0v) is 14.2. The van der Waals surface area contributed by atoms with E-state index in [1.165, 1.54) is 18.4 Å². The van der Waals surface area contributed by atoms with Crippen molar-refractivity contribution >= 4 is 23.8 Å². The van der Waals surface area contributed by atoms with Crippen LogP contribution in [0.1, 0.15) is 17.7 Å². The highest BCUT2D eigenvalue weighted by Crippen LogP contribution is 2.03. The van der Waals surface area contributed by atoms with Crippen molar-refractivity contribution < 1.29 is 18.8 Å². The lowest BCUT2D eigenvalue weighted by molar-refractivity contribution is -0.127. The number of nitrogens with one attached hydrogen (secondary N) is 2. The van der Waals surface area contributed by atoms with Gasteiger partial charge in [-0.25, -0.2) is 0 Å². The van der Waals surface area contributed by atoms with Crippen molar-refractivity contribution in [2.45, 2.75) is 18.9 Å². The number of amides is 3. The number of nitrogens with two attached hydrogens (primary N) is 1. The minimum atomic E-state index is -0.792. The van der Waals surface area contributed by atoms with E-state index in [0.717, 1.165) is 5.56 Å². The van der Waals surface area contributed by atoms with Crippen molar-refractivity contribution in [3.63, 3.8) is 0 Å². The van der Waals surface area contributed by atoms with Gasteiger partial charge in [-0.3, -0.25) is 14.4 Å². The van der Waals surface area contributed by atoms with Gasteiger partial charge in [-0.05, 0) is 23.8 Å². The Bertz CT molecular complexity index is 754. The fourth-order valence-corrected chi connectivity index (χ4v) is 2.24. The number of furan rings is 1. The molecule has 1 aromatic heterocycles. The van der Waals surface area contributed by atoms with Crippen molar-refractivity contribution in [1.82, 2.24) is 10.6 Å². The number of hydrogen-bond acceptors (Lipinski definition) is 4. The number of primary amides is 1. The van der Waals surface area contributed by atoms with E-state index >= 15 is 0 Å². The average molecular weight is 355 g/mol. The van der Waals surface area contributed by atoms with E-state index < -0.39 is 11.9 Å². The molecule has 4 N–H and O–H groups in total. The molecule has 0 aliphatic heterocycles. The third-order valence-electron chi connectivity index (χ3n) is 3.55. The Labute approximate surface area is 151 Å². The van der Waals surface area contributed by atoms with Crippen LogP contribution in [0.4, 0.5) is 0 Å². The summed E-state index contributed by atoms with van der Waals surface area (Å²) in [6, 6.07) is 11.9. The van der Waals surface area contributed by atoms with Gasteiger partial charge < -0.3 is 20.8 Å². The van der Waals surface area contributed by atoms with Crippen molar-refractivity contribution in [3.05, 3.63) is 66.1 Å². The maximum absolute atomic E-state index is 12.0. The van der Waals surface area contributed by atoms with Crippen LogP contribution in [0.2, 0.25) is 0 Å². The topological polar surface area (TPSA) is 114 Å². The number of benzene rings is 1. The summed E-state index contributed by atoms with van der Waals surface area (Å²) in [5.41, 5.74) is 6.25. The molecule has 2 rings (SSSR count). The Hall–Kier alpha value is -3.35. The molecular formula is C19H21N3O4. The van der Waals surface area contributed by atoms with Crippen LogP contribution in [0, 0.1) is 0 Å². The van der Waals surface area contributed by atoms with E-state index in [1.807, 2.05) is 30.3 Å². The van der Waals surface area contributed by atoms with Crippen LogP contribution in [0.25, 0.3) is 6.08 Å². The molecule has 1 unspecified atom stereocenters. The molecule has 0 aliphatic carbocycles. The molecule has 0 saturated heterocycles. The minimum absolute atomic E-state index is 0.0406. The predicted molar refractivity (Wildman–Crippen MR) is 96.6 cm³/mol. The van der Waals surface area contributed by atoms with Gasteiger partial charge in [-0.15, -0.1) is 0 Å². The molecule has 3 amide bonds. The Kier molecular flexibility index (Phi) is 7.17.